The van der Waals surface area contributed by atoms with E-state index in [0.29, 0.717) is 29.0 Å². The number of hydrogen-bond donors (Lipinski definition) is 1. The SMILES string of the molecule is COc1ccc(NS(=O)(=O)c2ccc3oc(SCC(=O)N(C)[C@@H]4CCS(=O)(=O)C4)nc3c2)cc1. The molecule has 0 saturated carbocycles. The molecule has 13 heteroatoms. The average molecular weight is 526 g/mol. The van der Waals surface area contributed by atoms with E-state index in [4.69, 9.17) is 9.15 Å². The molecule has 0 spiro atoms. The summed E-state index contributed by atoms with van der Waals surface area (Å²) >= 11 is 1.07. The first kappa shape index (κ1) is 24.4. The van der Waals surface area contributed by atoms with Gasteiger partial charge in [0.25, 0.3) is 15.2 Å². The Morgan fingerprint density at radius 2 is 2.00 bits per heavy atom. The lowest BCUT2D eigenvalue weighted by Gasteiger charge is -2.22. The molecule has 34 heavy (non-hydrogen) atoms. The second-order valence-corrected chi connectivity index (χ2v) is 12.6. The summed E-state index contributed by atoms with van der Waals surface area (Å²) in [6.45, 7) is 0. The quantitative estimate of drug-likeness (QED) is 0.440. The van der Waals surface area contributed by atoms with E-state index in [1.54, 1.807) is 31.3 Å². The number of anilines is 1. The van der Waals surface area contributed by atoms with Gasteiger partial charge < -0.3 is 14.1 Å². The predicted octanol–water partition coefficient (Wildman–Crippen LogP) is 2.37. The van der Waals surface area contributed by atoms with Gasteiger partial charge >= 0.3 is 0 Å². The first-order valence-corrected chi connectivity index (χ1v) is 14.5. The van der Waals surface area contributed by atoms with Crippen LogP contribution in [0.4, 0.5) is 5.69 Å². The fraction of sp³-hybridized carbons (Fsp3) is 0.333. The fourth-order valence-corrected chi connectivity index (χ4v) is 7.11. The van der Waals surface area contributed by atoms with Crippen LogP contribution in [-0.2, 0) is 24.7 Å². The average Bonchev–Trinajstić information content (AvgIpc) is 3.38. The summed E-state index contributed by atoms with van der Waals surface area (Å²) < 4.78 is 62.0. The van der Waals surface area contributed by atoms with Crippen molar-refractivity contribution >= 4 is 54.3 Å². The lowest BCUT2D eigenvalue weighted by Crippen LogP contribution is -2.38. The topological polar surface area (TPSA) is 136 Å². The second-order valence-electron chi connectivity index (χ2n) is 7.79. The Bertz CT molecular complexity index is 1420. The zero-order valence-electron chi connectivity index (χ0n) is 18.4. The van der Waals surface area contributed by atoms with Gasteiger partial charge in [0.2, 0.25) is 5.91 Å². The number of fused-ring (bicyclic) bond motifs is 1. The van der Waals surface area contributed by atoms with Crippen LogP contribution in [0.5, 0.6) is 5.75 Å². The molecule has 2 aromatic carbocycles. The summed E-state index contributed by atoms with van der Waals surface area (Å²) in [6, 6.07) is 10.5. The smallest absolute Gasteiger partial charge is 0.261 e. The lowest BCUT2D eigenvalue weighted by molar-refractivity contribution is -0.128. The number of hydrogen-bond acceptors (Lipinski definition) is 9. The number of nitrogens with one attached hydrogen (secondary N) is 1. The first-order valence-electron chi connectivity index (χ1n) is 10.2. The highest BCUT2D eigenvalue weighted by atomic mass is 32.2. The van der Waals surface area contributed by atoms with E-state index in [0.717, 1.165) is 11.8 Å². The van der Waals surface area contributed by atoms with E-state index >= 15 is 0 Å². The van der Waals surface area contributed by atoms with Crippen molar-refractivity contribution in [3.63, 3.8) is 0 Å². The van der Waals surface area contributed by atoms with Crippen molar-refractivity contribution in [2.75, 3.05) is 36.1 Å². The van der Waals surface area contributed by atoms with Gasteiger partial charge in [0.1, 0.15) is 11.3 Å². The summed E-state index contributed by atoms with van der Waals surface area (Å²) in [5.41, 5.74) is 1.10. The van der Waals surface area contributed by atoms with E-state index in [2.05, 4.69) is 9.71 Å². The standard InChI is InChI=1S/C21H23N3O7S3/c1-24(15-9-10-33(26,27)13-15)20(25)12-32-21-22-18-11-17(7-8-19(18)31-21)34(28,29)23-14-3-5-16(30-2)6-4-14/h3-8,11,15,23H,9-10,12-13H2,1-2H3/t15-/m1/s1. The van der Waals surface area contributed by atoms with Crippen LogP contribution in [-0.4, -0.2) is 70.1 Å². The van der Waals surface area contributed by atoms with E-state index in [-0.39, 0.29) is 39.3 Å². The van der Waals surface area contributed by atoms with Crippen LogP contribution in [0.2, 0.25) is 0 Å². The number of amides is 1. The number of sulfonamides is 1. The van der Waals surface area contributed by atoms with Gasteiger partial charge in [-0.25, -0.2) is 21.8 Å². The number of nitrogens with zero attached hydrogens (tertiary/aromatic N) is 2. The zero-order valence-corrected chi connectivity index (χ0v) is 20.9. The molecular weight excluding hydrogens is 502 g/mol. The van der Waals surface area contributed by atoms with Gasteiger partial charge in [-0.05, 0) is 48.9 Å². The number of oxazole rings is 1. The number of rotatable bonds is 8. The summed E-state index contributed by atoms with van der Waals surface area (Å²) in [6.07, 6.45) is 0.430. The molecule has 2 heterocycles. The minimum atomic E-state index is -3.86. The number of ether oxygens (including phenoxy) is 1. The summed E-state index contributed by atoms with van der Waals surface area (Å²) in [5.74, 6) is 0.456. The van der Waals surface area contributed by atoms with Gasteiger partial charge in [-0.3, -0.25) is 9.52 Å². The van der Waals surface area contributed by atoms with E-state index in [9.17, 15) is 21.6 Å². The van der Waals surface area contributed by atoms with Crippen molar-refractivity contribution in [2.24, 2.45) is 0 Å². The molecular formula is C21H23N3O7S3. The molecule has 1 aromatic heterocycles. The fourth-order valence-electron chi connectivity index (χ4n) is 3.50. The van der Waals surface area contributed by atoms with Gasteiger partial charge in [-0.2, -0.15) is 0 Å². The van der Waals surface area contributed by atoms with Gasteiger partial charge in [-0.15, -0.1) is 0 Å². The minimum Gasteiger partial charge on any atom is -0.497 e. The summed E-state index contributed by atoms with van der Waals surface area (Å²) in [5, 5.41) is 0.216. The number of thioether (sulfide) groups is 1. The van der Waals surface area contributed by atoms with E-state index in [1.807, 2.05) is 0 Å². The number of aromatic nitrogens is 1. The van der Waals surface area contributed by atoms with Crippen molar-refractivity contribution in [3.8, 4) is 5.75 Å². The van der Waals surface area contributed by atoms with Crippen LogP contribution in [0, 0.1) is 0 Å². The molecule has 1 aliphatic rings. The summed E-state index contributed by atoms with van der Waals surface area (Å²) in [7, 11) is -3.84. The maximum absolute atomic E-state index is 12.8. The van der Waals surface area contributed by atoms with Crippen molar-refractivity contribution < 1.29 is 30.8 Å². The van der Waals surface area contributed by atoms with Gasteiger partial charge in [0.05, 0.1) is 29.3 Å². The van der Waals surface area contributed by atoms with Crippen molar-refractivity contribution in [2.45, 2.75) is 22.6 Å². The highest BCUT2D eigenvalue weighted by Crippen LogP contribution is 2.27. The third-order valence-electron chi connectivity index (χ3n) is 5.46. The lowest BCUT2D eigenvalue weighted by atomic mass is 10.2. The third-order valence-corrected chi connectivity index (χ3v) is 9.40. The molecule has 182 valence electrons. The second kappa shape index (κ2) is 9.47. The van der Waals surface area contributed by atoms with Crippen LogP contribution in [0.15, 0.2) is 57.0 Å². The molecule has 3 aromatic rings. The van der Waals surface area contributed by atoms with Crippen molar-refractivity contribution in [3.05, 3.63) is 42.5 Å². The molecule has 0 aliphatic carbocycles. The Balaban J connectivity index is 1.42. The van der Waals surface area contributed by atoms with Crippen molar-refractivity contribution in [1.82, 2.24) is 9.88 Å². The molecule has 1 saturated heterocycles. The van der Waals surface area contributed by atoms with Crippen LogP contribution in [0.25, 0.3) is 11.1 Å². The molecule has 1 atom stereocenters. The molecule has 1 aliphatic heterocycles. The Hall–Kier alpha value is -2.77. The van der Waals surface area contributed by atoms with Crippen LogP contribution in [0.1, 0.15) is 6.42 Å². The van der Waals surface area contributed by atoms with E-state index in [1.165, 1.54) is 30.2 Å². The number of carbonyl (C=O) groups excluding carboxylic acids is 1. The van der Waals surface area contributed by atoms with Gasteiger partial charge in [0.15, 0.2) is 15.4 Å². The van der Waals surface area contributed by atoms with Gasteiger partial charge in [-0.1, -0.05) is 11.8 Å². The van der Waals surface area contributed by atoms with Crippen molar-refractivity contribution in [1.29, 1.82) is 0 Å². The Morgan fingerprint density at radius 3 is 2.65 bits per heavy atom. The maximum atomic E-state index is 12.8. The Morgan fingerprint density at radius 1 is 1.26 bits per heavy atom. The number of sulfone groups is 1. The van der Waals surface area contributed by atoms with Gasteiger partial charge in [0, 0.05) is 18.8 Å². The first-order chi connectivity index (χ1) is 16.1. The maximum Gasteiger partial charge on any atom is 0.261 e. The normalized spacial score (nSPS) is 17.5. The molecule has 1 N–H and O–H groups in total. The molecule has 0 radical (unpaired) electrons. The van der Waals surface area contributed by atoms with Crippen LogP contribution in [0.3, 0.4) is 0 Å². The summed E-state index contributed by atoms with van der Waals surface area (Å²) in [4.78, 5) is 18.2. The number of benzene rings is 2. The molecule has 0 bridgehead atoms. The highest BCUT2D eigenvalue weighted by molar-refractivity contribution is 7.99. The number of methoxy groups -OCH3 is 1. The van der Waals surface area contributed by atoms with Crippen LogP contribution >= 0.6 is 11.8 Å². The largest absolute Gasteiger partial charge is 0.497 e. The molecule has 10 nitrogen and oxygen atoms in total. The third kappa shape index (κ3) is 5.47. The molecule has 1 amide bonds. The monoisotopic (exact) mass is 525 g/mol. The van der Waals surface area contributed by atoms with Crippen LogP contribution < -0.4 is 9.46 Å². The highest BCUT2D eigenvalue weighted by Gasteiger charge is 2.32. The number of carbonyl (C=O) groups is 1. The molecule has 0 unspecified atom stereocenters. The Kier molecular flexibility index (Phi) is 6.78. The predicted molar refractivity (Wildman–Crippen MR) is 128 cm³/mol. The van der Waals surface area contributed by atoms with E-state index < -0.39 is 19.9 Å². The molecule has 1 fully saturated rings. The Labute approximate surface area is 201 Å². The zero-order chi connectivity index (χ0) is 24.5. The minimum absolute atomic E-state index is 0.0129. The molecule has 4 rings (SSSR count).